The molecule has 0 unspecified atom stereocenters. The quantitative estimate of drug-likeness (QED) is 0.473. The van der Waals surface area contributed by atoms with Crippen LogP contribution in [0.3, 0.4) is 0 Å². The van der Waals surface area contributed by atoms with E-state index in [1.165, 1.54) is 24.3 Å². The van der Waals surface area contributed by atoms with Crippen LogP contribution in [-0.2, 0) is 21.4 Å². The van der Waals surface area contributed by atoms with Crippen molar-refractivity contribution in [1.82, 2.24) is 4.31 Å². The molecule has 10 heteroatoms. The Labute approximate surface area is 194 Å². The first-order chi connectivity index (χ1) is 15.1. The lowest BCUT2D eigenvalue weighted by Gasteiger charge is -2.23. The molecule has 0 radical (unpaired) electrons. The van der Waals surface area contributed by atoms with Gasteiger partial charge in [0.05, 0.1) is 11.4 Å². The highest BCUT2D eigenvalue weighted by Crippen LogP contribution is 2.28. The molecule has 0 aliphatic carbocycles. The maximum Gasteiger partial charge on any atom is 0.243 e. The van der Waals surface area contributed by atoms with Crippen molar-refractivity contribution < 1.29 is 22.0 Å². The van der Waals surface area contributed by atoms with Crippen molar-refractivity contribution in [2.45, 2.75) is 18.4 Å². The van der Waals surface area contributed by atoms with E-state index in [9.17, 15) is 22.0 Å². The maximum absolute atomic E-state index is 13.9. The lowest BCUT2D eigenvalue weighted by Crippen LogP contribution is -2.38. The van der Waals surface area contributed by atoms with E-state index in [4.69, 9.17) is 23.2 Å². The van der Waals surface area contributed by atoms with Crippen molar-refractivity contribution in [1.29, 1.82) is 0 Å². The van der Waals surface area contributed by atoms with Crippen LogP contribution in [0, 0.1) is 18.6 Å². The zero-order valence-electron chi connectivity index (χ0n) is 16.8. The van der Waals surface area contributed by atoms with Gasteiger partial charge in [0.25, 0.3) is 0 Å². The third kappa shape index (κ3) is 5.45. The minimum Gasteiger partial charge on any atom is -0.320 e. The summed E-state index contributed by atoms with van der Waals surface area (Å²) in [5.74, 6) is -2.91. The van der Waals surface area contributed by atoms with Crippen molar-refractivity contribution >= 4 is 44.8 Å². The van der Waals surface area contributed by atoms with Gasteiger partial charge in [-0.1, -0.05) is 53.0 Å². The predicted molar refractivity (Wildman–Crippen MR) is 120 cm³/mol. The molecule has 0 spiro atoms. The van der Waals surface area contributed by atoms with Gasteiger partial charge in [-0.2, -0.15) is 4.31 Å². The third-order valence-electron chi connectivity index (χ3n) is 4.60. The second-order valence-corrected chi connectivity index (χ2v) is 9.68. The average Bonchev–Trinajstić information content (AvgIpc) is 2.73. The third-order valence-corrected chi connectivity index (χ3v) is 7.12. The van der Waals surface area contributed by atoms with Gasteiger partial charge in [0.2, 0.25) is 15.9 Å². The van der Waals surface area contributed by atoms with Crippen LogP contribution in [0.15, 0.2) is 65.6 Å². The molecule has 0 heterocycles. The molecule has 3 aromatic rings. The van der Waals surface area contributed by atoms with Gasteiger partial charge in [-0.05, 0) is 43.3 Å². The molecule has 0 aliphatic heterocycles. The highest BCUT2D eigenvalue weighted by atomic mass is 35.5. The molecule has 0 aromatic heterocycles. The Morgan fingerprint density at radius 3 is 2.03 bits per heavy atom. The fraction of sp³-hybridized carbons (Fsp3) is 0.136. The Bertz CT molecular complexity index is 1210. The van der Waals surface area contributed by atoms with E-state index in [1.807, 2.05) is 0 Å². The number of amides is 1. The van der Waals surface area contributed by atoms with Crippen LogP contribution >= 0.6 is 23.2 Å². The highest BCUT2D eigenvalue weighted by Gasteiger charge is 2.29. The summed E-state index contributed by atoms with van der Waals surface area (Å²) in [4.78, 5) is 12.5. The van der Waals surface area contributed by atoms with Gasteiger partial charge in [-0.3, -0.25) is 4.79 Å². The summed E-state index contributed by atoms with van der Waals surface area (Å²) in [6, 6.07) is 13.8. The van der Waals surface area contributed by atoms with Gasteiger partial charge in [0.1, 0.15) is 17.3 Å². The van der Waals surface area contributed by atoms with E-state index in [0.717, 1.165) is 28.1 Å². The molecule has 0 saturated heterocycles. The number of benzene rings is 3. The van der Waals surface area contributed by atoms with Gasteiger partial charge >= 0.3 is 0 Å². The fourth-order valence-electron chi connectivity index (χ4n) is 2.90. The molecule has 168 valence electrons. The SMILES string of the molecule is Cc1ccc(S(=O)(=O)N(CC(=O)Nc2c(F)cccc2F)Cc2c(Cl)cccc2Cl)cc1. The first kappa shape index (κ1) is 24.1. The summed E-state index contributed by atoms with van der Waals surface area (Å²) < 4.78 is 55.3. The molecule has 0 aliphatic rings. The molecule has 1 amide bonds. The minimum absolute atomic E-state index is 0.0591. The summed E-state index contributed by atoms with van der Waals surface area (Å²) in [5.41, 5.74) is 0.467. The van der Waals surface area contributed by atoms with E-state index in [0.29, 0.717) is 0 Å². The largest absolute Gasteiger partial charge is 0.320 e. The van der Waals surface area contributed by atoms with Crippen LogP contribution in [0.2, 0.25) is 10.0 Å². The molecular formula is C22H18Cl2F2N2O3S. The van der Waals surface area contributed by atoms with E-state index in [1.54, 1.807) is 25.1 Å². The zero-order valence-corrected chi connectivity index (χ0v) is 19.1. The molecule has 3 aromatic carbocycles. The van der Waals surface area contributed by atoms with Crippen LogP contribution in [-0.4, -0.2) is 25.2 Å². The molecule has 0 saturated carbocycles. The maximum atomic E-state index is 13.9. The Hall–Kier alpha value is -2.52. The van der Waals surface area contributed by atoms with Crippen LogP contribution in [0.5, 0.6) is 0 Å². The average molecular weight is 499 g/mol. The molecule has 0 atom stereocenters. The Morgan fingerprint density at radius 2 is 1.47 bits per heavy atom. The number of nitrogens with zero attached hydrogens (tertiary/aromatic N) is 1. The first-order valence-electron chi connectivity index (χ1n) is 9.33. The van der Waals surface area contributed by atoms with Gasteiger partial charge < -0.3 is 5.32 Å². The number of sulfonamides is 1. The summed E-state index contributed by atoms with van der Waals surface area (Å²) in [6.07, 6.45) is 0. The molecule has 32 heavy (non-hydrogen) atoms. The summed E-state index contributed by atoms with van der Waals surface area (Å²) in [6.45, 7) is 0.738. The van der Waals surface area contributed by atoms with E-state index in [-0.39, 0.29) is 27.0 Å². The molecule has 1 N–H and O–H groups in total. The zero-order chi connectivity index (χ0) is 23.5. The first-order valence-corrected chi connectivity index (χ1v) is 11.5. The lowest BCUT2D eigenvalue weighted by atomic mass is 10.2. The normalized spacial score (nSPS) is 11.6. The second-order valence-electron chi connectivity index (χ2n) is 6.93. The molecule has 5 nitrogen and oxygen atoms in total. The second kappa shape index (κ2) is 9.95. The van der Waals surface area contributed by atoms with Crippen molar-refractivity contribution in [3.63, 3.8) is 0 Å². The number of hydrogen-bond donors (Lipinski definition) is 1. The van der Waals surface area contributed by atoms with Gasteiger partial charge in [-0.15, -0.1) is 0 Å². The number of para-hydroxylation sites is 1. The Balaban J connectivity index is 1.96. The smallest absolute Gasteiger partial charge is 0.243 e. The topological polar surface area (TPSA) is 66.5 Å². The van der Waals surface area contributed by atoms with Gasteiger partial charge in [-0.25, -0.2) is 17.2 Å². The standard InChI is InChI=1S/C22H18Cl2F2N2O3S/c1-14-8-10-15(11-9-14)32(30,31)28(12-16-17(23)4-2-5-18(16)24)13-21(29)27-22-19(25)6-3-7-20(22)26/h2-11H,12-13H2,1H3,(H,27,29). The van der Waals surface area contributed by atoms with Crippen molar-refractivity contribution in [3.05, 3.63) is 93.5 Å². The number of aryl methyl sites for hydroxylation is 1. The van der Waals surface area contributed by atoms with Gasteiger partial charge in [0, 0.05) is 22.2 Å². The molecule has 3 rings (SSSR count). The number of rotatable bonds is 7. The van der Waals surface area contributed by atoms with Crippen molar-refractivity contribution in [2.75, 3.05) is 11.9 Å². The molecule has 0 bridgehead atoms. The molecular weight excluding hydrogens is 481 g/mol. The summed E-state index contributed by atoms with van der Waals surface area (Å²) >= 11 is 12.4. The predicted octanol–water partition coefficient (Wildman–Crippen LogP) is 5.41. The van der Waals surface area contributed by atoms with Gasteiger partial charge in [0.15, 0.2) is 0 Å². The van der Waals surface area contributed by atoms with Crippen LogP contribution in [0.1, 0.15) is 11.1 Å². The van der Waals surface area contributed by atoms with Crippen molar-refractivity contribution in [3.8, 4) is 0 Å². The number of nitrogens with one attached hydrogen (secondary N) is 1. The number of hydrogen-bond acceptors (Lipinski definition) is 3. The van der Waals surface area contributed by atoms with E-state index < -0.39 is 39.8 Å². The minimum atomic E-state index is -4.19. The van der Waals surface area contributed by atoms with Crippen molar-refractivity contribution in [2.24, 2.45) is 0 Å². The van der Waals surface area contributed by atoms with E-state index in [2.05, 4.69) is 5.32 Å². The fourth-order valence-corrected chi connectivity index (χ4v) is 4.78. The monoisotopic (exact) mass is 498 g/mol. The number of halogens is 4. The van der Waals surface area contributed by atoms with Crippen LogP contribution < -0.4 is 5.32 Å². The number of carbonyl (C=O) groups is 1. The number of carbonyl (C=O) groups excluding carboxylic acids is 1. The summed E-state index contributed by atoms with van der Waals surface area (Å²) in [5, 5.41) is 2.52. The lowest BCUT2D eigenvalue weighted by molar-refractivity contribution is -0.116. The number of anilines is 1. The molecule has 0 fully saturated rings. The summed E-state index contributed by atoms with van der Waals surface area (Å²) in [7, 11) is -4.19. The van der Waals surface area contributed by atoms with E-state index >= 15 is 0 Å². The highest BCUT2D eigenvalue weighted by molar-refractivity contribution is 7.89. The Kier molecular flexibility index (Phi) is 7.51. The van der Waals surface area contributed by atoms with Crippen LogP contribution in [0.4, 0.5) is 14.5 Å². The Morgan fingerprint density at radius 1 is 0.938 bits per heavy atom. The van der Waals surface area contributed by atoms with Crippen LogP contribution in [0.25, 0.3) is 0 Å².